The summed E-state index contributed by atoms with van der Waals surface area (Å²) in [5.41, 5.74) is 1.10. The van der Waals surface area contributed by atoms with Crippen LogP contribution in [-0.4, -0.2) is 30.8 Å². The summed E-state index contributed by atoms with van der Waals surface area (Å²) in [7, 11) is 1.65. The van der Waals surface area contributed by atoms with Crippen molar-refractivity contribution in [2.75, 3.05) is 13.7 Å². The van der Waals surface area contributed by atoms with E-state index in [4.69, 9.17) is 4.74 Å². The van der Waals surface area contributed by atoms with Crippen LogP contribution in [0.3, 0.4) is 0 Å². The van der Waals surface area contributed by atoms with Crippen LogP contribution in [0.5, 0.6) is 5.75 Å². The lowest BCUT2D eigenvalue weighted by Crippen LogP contribution is -2.34. The third-order valence-electron chi connectivity index (χ3n) is 3.92. The lowest BCUT2D eigenvalue weighted by molar-refractivity contribution is -0.122. The van der Waals surface area contributed by atoms with Crippen LogP contribution in [0.1, 0.15) is 38.2 Å². The Labute approximate surface area is 126 Å². The number of hydrogen-bond donors (Lipinski definition) is 2. The molecule has 3 atom stereocenters. The van der Waals surface area contributed by atoms with Crippen molar-refractivity contribution in [3.63, 3.8) is 0 Å². The molecule has 4 nitrogen and oxygen atoms in total. The van der Waals surface area contributed by atoms with E-state index in [1.807, 2.05) is 24.3 Å². The summed E-state index contributed by atoms with van der Waals surface area (Å²) in [6.07, 6.45) is 1.10. The Balaban J connectivity index is 1.84. The van der Waals surface area contributed by atoms with Gasteiger partial charge in [0.15, 0.2) is 0 Å². The Morgan fingerprint density at radius 3 is 2.81 bits per heavy atom. The van der Waals surface area contributed by atoms with Crippen LogP contribution in [0.25, 0.3) is 0 Å². The van der Waals surface area contributed by atoms with Crippen LogP contribution in [0.2, 0.25) is 0 Å². The van der Waals surface area contributed by atoms with Crippen molar-refractivity contribution in [1.82, 2.24) is 5.32 Å². The number of ether oxygens (including phenoxy) is 1. The maximum Gasteiger partial charge on any atom is 0.223 e. The molecule has 0 heterocycles. The molecule has 21 heavy (non-hydrogen) atoms. The molecule has 3 unspecified atom stereocenters. The van der Waals surface area contributed by atoms with Crippen molar-refractivity contribution in [1.29, 1.82) is 0 Å². The number of methoxy groups -OCH3 is 1. The molecule has 1 aromatic rings. The minimum Gasteiger partial charge on any atom is -0.496 e. The van der Waals surface area contributed by atoms with Gasteiger partial charge in [-0.3, -0.25) is 4.79 Å². The van der Waals surface area contributed by atoms with Gasteiger partial charge in [-0.2, -0.15) is 0 Å². The second-order valence-corrected chi connectivity index (χ2v) is 6.22. The maximum atomic E-state index is 12.1. The molecular formula is C17H25NO3. The van der Waals surface area contributed by atoms with Crippen molar-refractivity contribution < 1.29 is 14.6 Å². The Bertz CT molecular complexity index is 487. The van der Waals surface area contributed by atoms with E-state index in [9.17, 15) is 9.90 Å². The van der Waals surface area contributed by atoms with E-state index in [0.29, 0.717) is 18.9 Å². The first-order chi connectivity index (χ1) is 10.0. The first-order valence-electron chi connectivity index (χ1n) is 7.61. The normalized spacial score (nSPS) is 22.0. The molecule has 1 aliphatic carbocycles. The molecule has 0 bridgehead atoms. The number of amides is 1. The monoisotopic (exact) mass is 291 g/mol. The van der Waals surface area contributed by atoms with Crippen molar-refractivity contribution >= 4 is 5.91 Å². The lowest BCUT2D eigenvalue weighted by Gasteiger charge is -2.14. The van der Waals surface area contributed by atoms with Gasteiger partial charge in [-0.25, -0.2) is 0 Å². The largest absolute Gasteiger partial charge is 0.496 e. The van der Waals surface area contributed by atoms with Gasteiger partial charge in [0.05, 0.1) is 13.2 Å². The van der Waals surface area contributed by atoms with Gasteiger partial charge in [-0.05, 0) is 36.3 Å². The molecule has 2 N–H and O–H groups in total. The predicted octanol–water partition coefficient (Wildman–Crippen LogP) is 2.32. The Hall–Kier alpha value is -1.55. The highest BCUT2D eigenvalue weighted by molar-refractivity contribution is 5.83. The summed E-state index contributed by atoms with van der Waals surface area (Å²) in [5, 5.41) is 12.7. The van der Waals surface area contributed by atoms with Gasteiger partial charge in [0, 0.05) is 12.5 Å². The van der Waals surface area contributed by atoms with Gasteiger partial charge in [0.1, 0.15) is 5.75 Å². The Kier molecular flexibility index (Phi) is 5.23. The van der Waals surface area contributed by atoms with E-state index >= 15 is 0 Å². The number of benzene rings is 1. The number of carbonyl (C=O) groups excluding carboxylic acids is 1. The molecule has 1 saturated carbocycles. The molecule has 4 heteroatoms. The topological polar surface area (TPSA) is 58.6 Å². The molecule has 0 spiro atoms. The van der Waals surface area contributed by atoms with Crippen molar-refractivity contribution in [3.8, 4) is 5.75 Å². The number of nitrogens with one attached hydrogen (secondary N) is 1. The van der Waals surface area contributed by atoms with E-state index < -0.39 is 6.10 Å². The van der Waals surface area contributed by atoms with Gasteiger partial charge >= 0.3 is 0 Å². The highest BCUT2D eigenvalue weighted by atomic mass is 16.5. The summed E-state index contributed by atoms with van der Waals surface area (Å²) in [4.78, 5) is 12.1. The Morgan fingerprint density at radius 2 is 2.14 bits per heavy atom. The quantitative estimate of drug-likeness (QED) is 0.810. The number of aliphatic hydroxyl groups is 1. The summed E-state index contributed by atoms with van der Waals surface area (Å²) in [5.74, 6) is 1.56. The predicted molar refractivity (Wildman–Crippen MR) is 82.3 cm³/mol. The smallest absolute Gasteiger partial charge is 0.223 e. The summed E-state index contributed by atoms with van der Waals surface area (Å²) in [6, 6.07) is 7.85. The van der Waals surface area contributed by atoms with Crippen molar-refractivity contribution in [2.24, 2.45) is 11.8 Å². The van der Waals surface area contributed by atoms with Gasteiger partial charge < -0.3 is 15.2 Å². The number of rotatable bonds is 7. The fraction of sp³-hybridized carbons (Fsp3) is 0.588. The van der Waals surface area contributed by atoms with Crippen LogP contribution in [-0.2, 0) is 4.79 Å². The van der Waals surface area contributed by atoms with E-state index in [1.165, 1.54) is 0 Å². The molecule has 1 fully saturated rings. The summed E-state index contributed by atoms with van der Waals surface area (Å²) >= 11 is 0. The van der Waals surface area contributed by atoms with Crippen LogP contribution >= 0.6 is 0 Å². The van der Waals surface area contributed by atoms with Gasteiger partial charge in [-0.1, -0.05) is 32.0 Å². The van der Waals surface area contributed by atoms with E-state index in [-0.39, 0.29) is 17.7 Å². The molecule has 0 radical (unpaired) electrons. The minimum absolute atomic E-state index is 0.00699. The zero-order chi connectivity index (χ0) is 15.4. The van der Waals surface area contributed by atoms with Gasteiger partial charge in [0.2, 0.25) is 5.91 Å². The summed E-state index contributed by atoms with van der Waals surface area (Å²) in [6.45, 7) is 4.46. The number of hydrogen-bond acceptors (Lipinski definition) is 3. The number of carbonyl (C=O) groups is 1. The second-order valence-electron chi connectivity index (χ2n) is 6.22. The Morgan fingerprint density at radius 1 is 1.43 bits per heavy atom. The first kappa shape index (κ1) is 15.8. The average Bonchev–Trinajstić information content (AvgIpc) is 3.24. The molecule has 1 aromatic carbocycles. The van der Waals surface area contributed by atoms with E-state index in [1.54, 1.807) is 7.11 Å². The van der Waals surface area contributed by atoms with Gasteiger partial charge in [-0.15, -0.1) is 0 Å². The van der Waals surface area contributed by atoms with Crippen LogP contribution in [0.4, 0.5) is 0 Å². The third-order valence-corrected chi connectivity index (χ3v) is 3.92. The second kappa shape index (κ2) is 6.94. The van der Waals surface area contributed by atoms with Gasteiger partial charge in [0.25, 0.3) is 0 Å². The maximum absolute atomic E-state index is 12.1. The van der Waals surface area contributed by atoms with Crippen LogP contribution in [0, 0.1) is 11.8 Å². The SMILES string of the molecule is COc1ccccc1C1CC1C(=O)NCC(O)CC(C)C. The standard InChI is InChI=1S/C17H25NO3/c1-11(2)8-12(19)10-18-17(20)15-9-14(15)13-6-4-5-7-16(13)21-3/h4-7,11-12,14-15,19H,8-10H2,1-3H3,(H,18,20). The van der Waals surface area contributed by atoms with E-state index in [0.717, 1.165) is 17.7 Å². The zero-order valence-electron chi connectivity index (χ0n) is 13.0. The molecule has 0 aliphatic heterocycles. The molecule has 1 amide bonds. The average molecular weight is 291 g/mol. The van der Waals surface area contributed by atoms with Crippen LogP contribution in [0.15, 0.2) is 24.3 Å². The fourth-order valence-corrected chi connectivity index (χ4v) is 2.78. The molecule has 2 rings (SSSR count). The number of para-hydroxylation sites is 1. The van der Waals surface area contributed by atoms with E-state index in [2.05, 4.69) is 19.2 Å². The van der Waals surface area contributed by atoms with Crippen molar-refractivity contribution in [2.45, 2.75) is 38.7 Å². The molecule has 0 aromatic heterocycles. The summed E-state index contributed by atoms with van der Waals surface area (Å²) < 4.78 is 5.34. The van der Waals surface area contributed by atoms with Crippen molar-refractivity contribution in [3.05, 3.63) is 29.8 Å². The first-order valence-corrected chi connectivity index (χ1v) is 7.61. The molecule has 0 saturated heterocycles. The fourth-order valence-electron chi connectivity index (χ4n) is 2.78. The molecular weight excluding hydrogens is 266 g/mol. The molecule has 1 aliphatic rings. The lowest BCUT2D eigenvalue weighted by atomic mass is 10.1. The highest BCUT2D eigenvalue weighted by Crippen LogP contribution is 2.50. The highest BCUT2D eigenvalue weighted by Gasteiger charge is 2.45. The number of aliphatic hydroxyl groups excluding tert-OH is 1. The molecule has 116 valence electrons. The third kappa shape index (κ3) is 4.21. The minimum atomic E-state index is -0.461. The zero-order valence-corrected chi connectivity index (χ0v) is 13.0. The van der Waals surface area contributed by atoms with Crippen LogP contribution < -0.4 is 10.1 Å².